The summed E-state index contributed by atoms with van der Waals surface area (Å²) in [7, 11) is 0. The first-order valence-corrected chi connectivity index (χ1v) is 6.13. The van der Waals surface area contributed by atoms with Crippen LogP contribution in [0.4, 0.5) is 5.69 Å². The Morgan fingerprint density at radius 3 is 2.44 bits per heavy atom. The van der Waals surface area contributed by atoms with Crippen LogP contribution in [0.3, 0.4) is 0 Å². The fraction of sp³-hybridized carbons (Fsp3) is 0.0714. The largest absolute Gasteiger partial charge is 0.457 e. The van der Waals surface area contributed by atoms with Gasteiger partial charge in [-0.1, -0.05) is 0 Å². The SMILES string of the molecule is Cc1cc(Oc2ccc(C#N)c(Br)c2)ccc1N. The summed E-state index contributed by atoms with van der Waals surface area (Å²) in [6.45, 7) is 1.93. The number of nitrogens with zero attached hydrogens (tertiary/aromatic N) is 1. The molecular formula is C14H11BrN2O. The van der Waals surface area contributed by atoms with Crippen molar-refractivity contribution in [2.24, 2.45) is 0 Å². The molecule has 0 radical (unpaired) electrons. The number of aryl methyl sites for hydroxylation is 1. The van der Waals surface area contributed by atoms with Crippen molar-refractivity contribution in [2.75, 3.05) is 5.73 Å². The summed E-state index contributed by atoms with van der Waals surface area (Å²) in [5.41, 5.74) is 8.04. The van der Waals surface area contributed by atoms with Gasteiger partial charge in [-0.05, 0) is 64.8 Å². The first-order valence-electron chi connectivity index (χ1n) is 5.34. The predicted octanol–water partition coefficient (Wildman–Crippen LogP) is 4.00. The summed E-state index contributed by atoms with van der Waals surface area (Å²) in [5, 5.41) is 8.83. The van der Waals surface area contributed by atoms with Gasteiger partial charge < -0.3 is 10.5 Å². The molecular weight excluding hydrogens is 292 g/mol. The highest BCUT2D eigenvalue weighted by molar-refractivity contribution is 9.10. The molecule has 3 nitrogen and oxygen atoms in total. The maximum Gasteiger partial charge on any atom is 0.128 e. The maximum atomic E-state index is 8.83. The van der Waals surface area contributed by atoms with Crippen LogP contribution in [0, 0.1) is 18.3 Å². The molecule has 90 valence electrons. The van der Waals surface area contributed by atoms with Crippen molar-refractivity contribution in [3.05, 3.63) is 52.0 Å². The lowest BCUT2D eigenvalue weighted by atomic mass is 10.2. The van der Waals surface area contributed by atoms with Crippen molar-refractivity contribution < 1.29 is 4.74 Å². The number of anilines is 1. The average molecular weight is 303 g/mol. The molecule has 0 spiro atoms. The Labute approximate surface area is 114 Å². The average Bonchev–Trinajstić information content (AvgIpc) is 2.34. The molecule has 18 heavy (non-hydrogen) atoms. The van der Waals surface area contributed by atoms with Gasteiger partial charge in [0.2, 0.25) is 0 Å². The highest BCUT2D eigenvalue weighted by Gasteiger charge is 2.03. The molecule has 0 amide bonds. The maximum absolute atomic E-state index is 8.83. The quantitative estimate of drug-likeness (QED) is 0.853. The summed E-state index contributed by atoms with van der Waals surface area (Å²) >= 11 is 3.32. The Morgan fingerprint density at radius 2 is 1.83 bits per heavy atom. The number of hydrogen-bond donors (Lipinski definition) is 1. The predicted molar refractivity (Wildman–Crippen MR) is 74.5 cm³/mol. The van der Waals surface area contributed by atoms with E-state index in [1.165, 1.54) is 0 Å². The van der Waals surface area contributed by atoms with Crippen molar-refractivity contribution in [3.63, 3.8) is 0 Å². The van der Waals surface area contributed by atoms with Crippen molar-refractivity contribution >= 4 is 21.6 Å². The molecule has 2 rings (SSSR count). The van der Waals surface area contributed by atoms with Gasteiger partial charge in [0.1, 0.15) is 17.6 Å². The highest BCUT2D eigenvalue weighted by atomic mass is 79.9. The third-order valence-electron chi connectivity index (χ3n) is 2.54. The van der Waals surface area contributed by atoms with Crippen molar-refractivity contribution in [1.82, 2.24) is 0 Å². The van der Waals surface area contributed by atoms with E-state index in [4.69, 9.17) is 15.7 Å². The van der Waals surface area contributed by atoms with E-state index in [-0.39, 0.29) is 0 Å². The molecule has 0 aliphatic rings. The van der Waals surface area contributed by atoms with E-state index < -0.39 is 0 Å². The number of benzene rings is 2. The van der Waals surface area contributed by atoms with E-state index in [1.807, 2.05) is 25.1 Å². The van der Waals surface area contributed by atoms with Crippen LogP contribution in [-0.2, 0) is 0 Å². The van der Waals surface area contributed by atoms with Gasteiger partial charge in [0.05, 0.1) is 5.56 Å². The zero-order valence-corrected chi connectivity index (χ0v) is 11.4. The molecule has 4 heteroatoms. The minimum atomic E-state index is 0.579. The number of rotatable bonds is 2. The third-order valence-corrected chi connectivity index (χ3v) is 3.19. The first-order chi connectivity index (χ1) is 8.60. The van der Waals surface area contributed by atoms with E-state index >= 15 is 0 Å². The van der Waals surface area contributed by atoms with E-state index in [1.54, 1.807) is 18.2 Å². The summed E-state index contributed by atoms with van der Waals surface area (Å²) in [6, 6.07) is 12.8. The van der Waals surface area contributed by atoms with E-state index in [2.05, 4.69) is 22.0 Å². The molecule has 0 saturated carbocycles. The van der Waals surface area contributed by atoms with Gasteiger partial charge in [-0.2, -0.15) is 5.26 Å². The van der Waals surface area contributed by atoms with Crippen molar-refractivity contribution in [1.29, 1.82) is 5.26 Å². The fourth-order valence-electron chi connectivity index (χ4n) is 1.50. The smallest absolute Gasteiger partial charge is 0.128 e. The van der Waals surface area contributed by atoms with Gasteiger partial charge in [-0.15, -0.1) is 0 Å². The normalized spacial score (nSPS) is 9.83. The number of nitriles is 1. The Hall–Kier alpha value is -1.99. The number of hydrogen-bond acceptors (Lipinski definition) is 3. The molecule has 0 bridgehead atoms. The van der Waals surface area contributed by atoms with Crippen LogP contribution in [0.25, 0.3) is 0 Å². The minimum absolute atomic E-state index is 0.579. The molecule has 0 aromatic heterocycles. The second kappa shape index (κ2) is 5.11. The lowest BCUT2D eigenvalue weighted by molar-refractivity contribution is 0.482. The molecule has 0 fully saturated rings. The van der Waals surface area contributed by atoms with Crippen LogP contribution < -0.4 is 10.5 Å². The number of halogens is 1. The molecule has 0 aliphatic carbocycles. The van der Waals surface area contributed by atoms with Crippen LogP contribution in [-0.4, -0.2) is 0 Å². The molecule has 2 N–H and O–H groups in total. The van der Waals surface area contributed by atoms with Crippen LogP contribution >= 0.6 is 15.9 Å². The molecule has 0 unspecified atom stereocenters. The van der Waals surface area contributed by atoms with Crippen LogP contribution in [0.1, 0.15) is 11.1 Å². The van der Waals surface area contributed by atoms with Crippen LogP contribution in [0.2, 0.25) is 0 Å². The minimum Gasteiger partial charge on any atom is -0.457 e. The van der Waals surface area contributed by atoms with Gasteiger partial charge in [-0.3, -0.25) is 0 Å². The standard InChI is InChI=1S/C14H11BrN2O/c1-9-6-11(4-5-14(9)17)18-12-3-2-10(8-16)13(15)7-12/h2-7H,17H2,1H3. The van der Waals surface area contributed by atoms with Crippen molar-refractivity contribution in [2.45, 2.75) is 6.92 Å². The Bertz CT molecular complexity index is 632. The summed E-state index contributed by atoms with van der Waals surface area (Å²) in [5.74, 6) is 1.39. The summed E-state index contributed by atoms with van der Waals surface area (Å²) < 4.78 is 6.42. The molecule has 0 saturated heterocycles. The Morgan fingerprint density at radius 1 is 1.17 bits per heavy atom. The monoisotopic (exact) mass is 302 g/mol. The van der Waals surface area contributed by atoms with E-state index in [0.29, 0.717) is 11.3 Å². The third kappa shape index (κ3) is 2.63. The second-order valence-electron chi connectivity index (χ2n) is 3.87. The Balaban J connectivity index is 2.26. The fourth-order valence-corrected chi connectivity index (χ4v) is 1.94. The van der Waals surface area contributed by atoms with Gasteiger partial charge in [0, 0.05) is 10.2 Å². The van der Waals surface area contributed by atoms with Gasteiger partial charge in [-0.25, -0.2) is 0 Å². The Kier molecular flexibility index (Phi) is 3.54. The zero-order chi connectivity index (χ0) is 13.1. The topological polar surface area (TPSA) is 59.0 Å². The van der Waals surface area contributed by atoms with Crippen molar-refractivity contribution in [3.8, 4) is 17.6 Å². The number of nitrogen functional groups attached to an aromatic ring is 1. The van der Waals surface area contributed by atoms with E-state index in [9.17, 15) is 0 Å². The molecule has 0 aliphatic heterocycles. The first kappa shape index (κ1) is 12.5. The van der Waals surface area contributed by atoms with Crippen LogP contribution in [0.15, 0.2) is 40.9 Å². The summed E-state index contributed by atoms with van der Waals surface area (Å²) in [6.07, 6.45) is 0. The van der Waals surface area contributed by atoms with Crippen LogP contribution in [0.5, 0.6) is 11.5 Å². The number of nitrogens with two attached hydrogens (primary N) is 1. The summed E-state index contributed by atoms with van der Waals surface area (Å²) in [4.78, 5) is 0. The molecule has 0 atom stereocenters. The van der Waals surface area contributed by atoms with E-state index in [0.717, 1.165) is 21.5 Å². The lowest BCUT2D eigenvalue weighted by Gasteiger charge is -2.08. The van der Waals surface area contributed by atoms with Gasteiger partial charge in [0.15, 0.2) is 0 Å². The van der Waals surface area contributed by atoms with Gasteiger partial charge >= 0.3 is 0 Å². The van der Waals surface area contributed by atoms with Gasteiger partial charge in [0.25, 0.3) is 0 Å². The number of ether oxygens (including phenoxy) is 1. The highest BCUT2D eigenvalue weighted by Crippen LogP contribution is 2.28. The molecule has 2 aromatic carbocycles. The molecule has 2 aromatic rings. The zero-order valence-electron chi connectivity index (χ0n) is 9.77. The molecule has 0 heterocycles. The lowest BCUT2D eigenvalue weighted by Crippen LogP contribution is -1.91. The second-order valence-corrected chi connectivity index (χ2v) is 4.73.